The van der Waals surface area contributed by atoms with E-state index in [4.69, 9.17) is 5.73 Å². The van der Waals surface area contributed by atoms with Gasteiger partial charge in [0.25, 0.3) is 0 Å². The molecule has 0 bridgehead atoms. The molecule has 0 aliphatic carbocycles. The summed E-state index contributed by atoms with van der Waals surface area (Å²) in [4.78, 5) is 38.3. The van der Waals surface area contributed by atoms with Crippen LogP contribution >= 0.6 is 0 Å². The van der Waals surface area contributed by atoms with Crippen molar-refractivity contribution in [2.24, 2.45) is 5.73 Å². The second-order valence-corrected chi connectivity index (χ2v) is 6.73. The van der Waals surface area contributed by atoms with E-state index < -0.39 is 18.0 Å². The van der Waals surface area contributed by atoms with E-state index in [-0.39, 0.29) is 18.4 Å². The standard InChI is InChI=1S/C20H24N4O3/c1-13(22-18(25)12-21)20(27)24-10-4-7-17(24)19(26)23-16-9-8-14-5-2-3-6-15(14)11-16/h2-3,5-6,8-9,11,13,17H,4,7,10,12,21H2,1H3,(H,22,25)(H,23,26). The maximum absolute atomic E-state index is 12.8. The molecule has 2 unspecified atom stereocenters. The van der Waals surface area contributed by atoms with E-state index in [0.29, 0.717) is 18.7 Å². The van der Waals surface area contributed by atoms with E-state index in [1.807, 2.05) is 42.5 Å². The molecule has 4 N–H and O–H groups in total. The number of anilines is 1. The van der Waals surface area contributed by atoms with Crippen molar-refractivity contribution in [2.75, 3.05) is 18.4 Å². The first-order valence-electron chi connectivity index (χ1n) is 9.09. The number of likely N-dealkylation sites (tertiary alicyclic amines) is 1. The summed E-state index contributed by atoms with van der Waals surface area (Å²) in [6.07, 6.45) is 1.35. The summed E-state index contributed by atoms with van der Waals surface area (Å²) in [6, 6.07) is 12.4. The Kier molecular flexibility index (Phi) is 5.71. The Balaban J connectivity index is 1.69. The highest BCUT2D eigenvalue weighted by Gasteiger charge is 2.36. The molecule has 1 aliphatic rings. The molecule has 0 spiro atoms. The summed E-state index contributed by atoms with van der Waals surface area (Å²) < 4.78 is 0. The van der Waals surface area contributed by atoms with E-state index >= 15 is 0 Å². The zero-order valence-electron chi connectivity index (χ0n) is 15.3. The van der Waals surface area contributed by atoms with Crippen molar-refractivity contribution in [3.63, 3.8) is 0 Å². The van der Waals surface area contributed by atoms with Crippen LogP contribution in [0, 0.1) is 0 Å². The minimum absolute atomic E-state index is 0.177. The first-order chi connectivity index (χ1) is 13.0. The number of nitrogens with zero attached hydrogens (tertiary/aromatic N) is 1. The lowest BCUT2D eigenvalue weighted by atomic mass is 10.1. The van der Waals surface area contributed by atoms with Crippen LogP contribution in [0.15, 0.2) is 42.5 Å². The van der Waals surface area contributed by atoms with Crippen LogP contribution in [0.1, 0.15) is 19.8 Å². The number of benzene rings is 2. The van der Waals surface area contributed by atoms with Gasteiger partial charge in [-0.15, -0.1) is 0 Å². The summed E-state index contributed by atoms with van der Waals surface area (Å²) in [5.41, 5.74) is 5.97. The van der Waals surface area contributed by atoms with Gasteiger partial charge in [-0.3, -0.25) is 14.4 Å². The molecule has 0 aromatic heterocycles. The molecule has 0 radical (unpaired) electrons. The molecule has 3 rings (SSSR count). The maximum Gasteiger partial charge on any atom is 0.247 e. The second kappa shape index (κ2) is 8.18. The zero-order valence-corrected chi connectivity index (χ0v) is 15.3. The Morgan fingerprint density at radius 1 is 1.19 bits per heavy atom. The SMILES string of the molecule is CC(NC(=O)CN)C(=O)N1CCCC1C(=O)Nc1ccc2ccccc2c1. The molecule has 7 nitrogen and oxygen atoms in total. The van der Waals surface area contributed by atoms with Crippen molar-refractivity contribution in [1.29, 1.82) is 0 Å². The first kappa shape index (κ1) is 18.8. The summed E-state index contributed by atoms with van der Waals surface area (Å²) in [7, 11) is 0. The number of nitrogens with one attached hydrogen (secondary N) is 2. The lowest BCUT2D eigenvalue weighted by Crippen LogP contribution is -2.52. The minimum Gasteiger partial charge on any atom is -0.343 e. The maximum atomic E-state index is 12.8. The molecule has 142 valence electrons. The normalized spacial score (nSPS) is 17.6. The monoisotopic (exact) mass is 368 g/mol. The Morgan fingerprint density at radius 2 is 1.93 bits per heavy atom. The van der Waals surface area contributed by atoms with Gasteiger partial charge in [0.15, 0.2) is 0 Å². The highest BCUT2D eigenvalue weighted by molar-refractivity contribution is 6.00. The number of fused-ring (bicyclic) bond motifs is 1. The molecule has 2 atom stereocenters. The molecule has 7 heteroatoms. The molecule has 1 aliphatic heterocycles. The van der Waals surface area contributed by atoms with Crippen molar-refractivity contribution in [2.45, 2.75) is 31.8 Å². The quantitative estimate of drug-likeness (QED) is 0.738. The molecule has 27 heavy (non-hydrogen) atoms. The van der Waals surface area contributed by atoms with E-state index in [2.05, 4.69) is 10.6 Å². The number of rotatable bonds is 5. The van der Waals surface area contributed by atoms with E-state index in [1.54, 1.807) is 6.92 Å². The molecular weight excluding hydrogens is 344 g/mol. The van der Waals surface area contributed by atoms with Gasteiger partial charge in [-0.2, -0.15) is 0 Å². The van der Waals surface area contributed by atoms with Crippen molar-refractivity contribution >= 4 is 34.2 Å². The summed E-state index contributed by atoms with van der Waals surface area (Å²) in [6.45, 7) is 1.92. The molecule has 1 fully saturated rings. The largest absolute Gasteiger partial charge is 0.343 e. The van der Waals surface area contributed by atoms with Crippen LogP contribution in [0.25, 0.3) is 10.8 Å². The Hall–Kier alpha value is -2.93. The molecule has 2 aromatic rings. The van der Waals surface area contributed by atoms with Crippen LogP contribution in [0.5, 0.6) is 0 Å². The van der Waals surface area contributed by atoms with Gasteiger partial charge in [-0.1, -0.05) is 30.3 Å². The smallest absolute Gasteiger partial charge is 0.247 e. The summed E-state index contributed by atoms with van der Waals surface area (Å²) >= 11 is 0. The fourth-order valence-electron chi connectivity index (χ4n) is 3.41. The fraction of sp³-hybridized carbons (Fsp3) is 0.350. The zero-order chi connectivity index (χ0) is 19.4. The van der Waals surface area contributed by atoms with Crippen LogP contribution in [-0.2, 0) is 14.4 Å². The van der Waals surface area contributed by atoms with Crippen LogP contribution in [-0.4, -0.2) is 47.8 Å². The Labute approximate surface area is 157 Å². The number of hydrogen-bond acceptors (Lipinski definition) is 4. The highest BCUT2D eigenvalue weighted by atomic mass is 16.2. The molecule has 1 heterocycles. The van der Waals surface area contributed by atoms with Crippen molar-refractivity contribution < 1.29 is 14.4 Å². The van der Waals surface area contributed by atoms with E-state index in [1.165, 1.54) is 4.90 Å². The van der Waals surface area contributed by atoms with Crippen molar-refractivity contribution in [3.05, 3.63) is 42.5 Å². The van der Waals surface area contributed by atoms with Crippen molar-refractivity contribution in [1.82, 2.24) is 10.2 Å². The third-order valence-electron chi connectivity index (χ3n) is 4.79. The second-order valence-electron chi connectivity index (χ2n) is 6.73. The predicted octanol–water partition coefficient (Wildman–Crippen LogP) is 1.23. The number of carbonyl (C=O) groups excluding carboxylic acids is 3. The topological polar surface area (TPSA) is 105 Å². The van der Waals surface area contributed by atoms with Gasteiger partial charge >= 0.3 is 0 Å². The van der Waals surface area contributed by atoms with Gasteiger partial charge in [0.2, 0.25) is 17.7 Å². The third-order valence-corrected chi connectivity index (χ3v) is 4.79. The molecule has 2 aromatic carbocycles. The van der Waals surface area contributed by atoms with Crippen LogP contribution in [0.4, 0.5) is 5.69 Å². The highest BCUT2D eigenvalue weighted by Crippen LogP contribution is 2.22. The van der Waals surface area contributed by atoms with Gasteiger partial charge in [0, 0.05) is 12.2 Å². The molecule has 1 saturated heterocycles. The van der Waals surface area contributed by atoms with Gasteiger partial charge in [0.1, 0.15) is 12.1 Å². The Morgan fingerprint density at radius 3 is 2.67 bits per heavy atom. The van der Waals surface area contributed by atoms with Crippen LogP contribution in [0.3, 0.4) is 0 Å². The van der Waals surface area contributed by atoms with Crippen molar-refractivity contribution in [3.8, 4) is 0 Å². The number of nitrogens with two attached hydrogens (primary N) is 1. The van der Waals surface area contributed by atoms with Gasteiger partial charge in [-0.25, -0.2) is 0 Å². The third kappa shape index (κ3) is 4.25. The van der Waals surface area contributed by atoms with E-state index in [9.17, 15) is 14.4 Å². The van der Waals surface area contributed by atoms with Gasteiger partial charge < -0.3 is 21.3 Å². The Bertz CT molecular complexity index is 867. The fourth-order valence-corrected chi connectivity index (χ4v) is 3.41. The minimum atomic E-state index is -0.713. The average Bonchev–Trinajstić information content (AvgIpc) is 3.17. The van der Waals surface area contributed by atoms with E-state index in [0.717, 1.165) is 17.2 Å². The first-order valence-corrected chi connectivity index (χ1v) is 9.09. The summed E-state index contributed by atoms with van der Waals surface area (Å²) in [5.74, 6) is -0.881. The molecule has 0 saturated carbocycles. The number of carbonyl (C=O) groups is 3. The molecular formula is C20H24N4O3. The lowest BCUT2D eigenvalue weighted by Gasteiger charge is -2.27. The lowest BCUT2D eigenvalue weighted by molar-refractivity contribution is -0.139. The number of amides is 3. The number of hydrogen-bond donors (Lipinski definition) is 3. The van der Waals surface area contributed by atoms with Gasteiger partial charge in [0.05, 0.1) is 6.54 Å². The molecule has 3 amide bonds. The van der Waals surface area contributed by atoms with Crippen LogP contribution < -0.4 is 16.4 Å². The van der Waals surface area contributed by atoms with Gasteiger partial charge in [-0.05, 0) is 42.7 Å². The predicted molar refractivity (Wildman–Crippen MR) is 104 cm³/mol. The summed E-state index contributed by atoms with van der Waals surface area (Å²) in [5, 5.41) is 7.59. The average molecular weight is 368 g/mol. The van der Waals surface area contributed by atoms with Crippen LogP contribution in [0.2, 0.25) is 0 Å².